The molecule has 8 nitrogen and oxygen atoms in total. The summed E-state index contributed by atoms with van der Waals surface area (Å²) in [7, 11) is 0. The maximum atomic E-state index is 11.6. The highest BCUT2D eigenvalue weighted by Crippen LogP contribution is 2.23. The molecule has 4 N–H and O–H groups in total. The van der Waals surface area contributed by atoms with Crippen LogP contribution in [0.25, 0.3) is 0 Å². The fourth-order valence-electron chi connectivity index (χ4n) is 1.21. The average Bonchev–Trinajstić information content (AvgIpc) is 2.85. The second-order valence-corrected chi connectivity index (χ2v) is 3.66. The van der Waals surface area contributed by atoms with Gasteiger partial charge in [-0.3, -0.25) is 9.59 Å². The van der Waals surface area contributed by atoms with E-state index in [1.165, 1.54) is 18.2 Å². The van der Waals surface area contributed by atoms with E-state index in [1.54, 1.807) is 0 Å². The first-order valence-electron chi connectivity index (χ1n) is 4.72. The molecule has 9 heteroatoms. The van der Waals surface area contributed by atoms with Crippen LogP contribution in [0.3, 0.4) is 0 Å². The molecule has 0 radical (unpaired) electrons. The van der Waals surface area contributed by atoms with Crippen molar-refractivity contribution >= 4 is 29.1 Å². The normalized spacial score (nSPS) is 10.1. The molecule has 0 fully saturated rings. The van der Waals surface area contributed by atoms with Crippen molar-refractivity contribution in [2.75, 3.05) is 5.32 Å². The number of carbonyl (C=O) groups excluding carboxylic acids is 2. The molecule has 0 unspecified atom stereocenters. The standard InChI is InChI=1S/C9H7ClN6O2/c10-5-2-1-4(7(11)17)3-6(5)12-9(18)8-13-15-16-14-8/h1-3H,(H2,11,17)(H,12,18)(H,13,14,15,16). The maximum Gasteiger partial charge on any atom is 0.297 e. The molecule has 1 heterocycles. The van der Waals surface area contributed by atoms with Crippen molar-refractivity contribution in [1.29, 1.82) is 0 Å². The molecular weight excluding hydrogens is 260 g/mol. The highest BCUT2D eigenvalue weighted by Gasteiger charge is 2.13. The number of nitrogens with zero attached hydrogens (tertiary/aromatic N) is 3. The Morgan fingerprint density at radius 2 is 2.17 bits per heavy atom. The van der Waals surface area contributed by atoms with E-state index in [4.69, 9.17) is 17.3 Å². The van der Waals surface area contributed by atoms with Crippen molar-refractivity contribution in [1.82, 2.24) is 20.6 Å². The Hall–Kier alpha value is -2.48. The van der Waals surface area contributed by atoms with Crippen LogP contribution < -0.4 is 11.1 Å². The summed E-state index contributed by atoms with van der Waals surface area (Å²) >= 11 is 5.88. The van der Waals surface area contributed by atoms with Crippen molar-refractivity contribution in [3.05, 3.63) is 34.6 Å². The highest BCUT2D eigenvalue weighted by atomic mass is 35.5. The number of hydrogen-bond acceptors (Lipinski definition) is 5. The number of tetrazole rings is 1. The Labute approximate surface area is 106 Å². The molecule has 1 aromatic heterocycles. The number of nitrogens with one attached hydrogen (secondary N) is 2. The summed E-state index contributed by atoms with van der Waals surface area (Å²) in [6.45, 7) is 0. The van der Waals surface area contributed by atoms with Gasteiger partial charge in [-0.15, -0.1) is 10.2 Å². The van der Waals surface area contributed by atoms with E-state index in [1.807, 2.05) is 0 Å². The van der Waals surface area contributed by atoms with Gasteiger partial charge in [0.1, 0.15) is 0 Å². The smallest absolute Gasteiger partial charge is 0.297 e. The molecule has 1 aromatic carbocycles. The number of carbonyl (C=O) groups is 2. The first-order chi connectivity index (χ1) is 8.58. The molecule has 0 spiro atoms. The van der Waals surface area contributed by atoms with Gasteiger partial charge in [0.05, 0.1) is 10.7 Å². The lowest BCUT2D eigenvalue weighted by molar-refractivity contribution is 0.0994. The van der Waals surface area contributed by atoms with Crippen LogP contribution in [0.2, 0.25) is 5.02 Å². The predicted octanol–water partition coefficient (Wildman–Crippen LogP) is 0.204. The number of primary amides is 1. The van der Waals surface area contributed by atoms with E-state index in [-0.39, 0.29) is 22.1 Å². The minimum atomic E-state index is -0.623. The molecule has 2 amide bonds. The number of aromatic amines is 1. The summed E-state index contributed by atoms with van der Waals surface area (Å²) in [6.07, 6.45) is 0. The minimum absolute atomic E-state index is 0.143. The van der Waals surface area contributed by atoms with Gasteiger partial charge >= 0.3 is 0 Å². The van der Waals surface area contributed by atoms with E-state index < -0.39 is 11.8 Å². The van der Waals surface area contributed by atoms with Gasteiger partial charge < -0.3 is 11.1 Å². The largest absolute Gasteiger partial charge is 0.366 e. The van der Waals surface area contributed by atoms with Crippen LogP contribution in [0.15, 0.2) is 18.2 Å². The van der Waals surface area contributed by atoms with Gasteiger partial charge in [-0.2, -0.15) is 5.21 Å². The third-order valence-corrected chi connectivity index (χ3v) is 2.38. The molecule has 0 bridgehead atoms. The van der Waals surface area contributed by atoms with Crippen LogP contribution in [-0.2, 0) is 0 Å². The van der Waals surface area contributed by atoms with Gasteiger partial charge in [-0.05, 0) is 23.4 Å². The van der Waals surface area contributed by atoms with Crippen molar-refractivity contribution in [2.45, 2.75) is 0 Å². The molecule has 0 aliphatic rings. The predicted molar refractivity (Wildman–Crippen MR) is 62.1 cm³/mol. The molecule has 0 aliphatic heterocycles. The second-order valence-electron chi connectivity index (χ2n) is 3.25. The third-order valence-electron chi connectivity index (χ3n) is 2.05. The zero-order valence-electron chi connectivity index (χ0n) is 8.85. The molecule has 0 saturated heterocycles. The van der Waals surface area contributed by atoms with E-state index in [0.717, 1.165) is 0 Å². The molecule has 2 rings (SSSR count). The van der Waals surface area contributed by atoms with Gasteiger partial charge in [0.25, 0.3) is 11.7 Å². The Morgan fingerprint density at radius 1 is 1.39 bits per heavy atom. The van der Waals surface area contributed by atoms with Crippen LogP contribution >= 0.6 is 11.6 Å². The van der Waals surface area contributed by atoms with Gasteiger partial charge in [0, 0.05) is 5.56 Å². The SMILES string of the molecule is NC(=O)c1ccc(Cl)c(NC(=O)c2nn[nH]n2)c1. The van der Waals surface area contributed by atoms with E-state index in [0.29, 0.717) is 0 Å². The van der Waals surface area contributed by atoms with E-state index >= 15 is 0 Å². The topological polar surface area (TPSA) is 127 Å². The summed E-state index contributed by atoms with van der Waals surface area (Å²) in [5.74, 6) is -1.37. The number of benzene rings is 1. The van der Waals surface area contributed by atoms with Crippen molar-refractivity contribution < 1.29 is 9.59 Å². The molecule has 0 saturated carbocycles. The van der Waals surface area contributed by atoms with E-state index in [9.17, 15) is 9.59 Å². The first-order valence-corrected chi connectivity index (χ1v) is 5.10. The molecule has 18 heavy (non-hydrogen) atoms. The number of H-pyrrole nitrogens is 1. The maximum absolute atomic E-state index is 11.6. The fraction of sp³-hybridized carbons (Fsp3) is 0. The van der Waals surface area contributed by atoms with Crippen LogP contribution in [0.4, 0.5) is 5.69 Å². The monoisotopic (exact) mass is 266 g/mol. The molecule has 2 aromatic rings. The number of nitrogens with two attached hydrogens (primary N) is 1. The minimum Gasteiger partial charge on any atom is -0.366 e. The number of rotatable bonds is 3. The molecule has 0 atom stereocenters. The number of anilines is 1. The average molecular weight is 267 g/mol. The summed E-state index contributed by atoms with van der Waals surface area (Å²) in [5, 5.41) is 15.1. The lowest BCUT2D eigenvalue weighted by Gasteiger charge is -2.06. The quantitative estimate of drug-likeness (QED) is 0.731. The zero-order chi connectivity index (χ0) is 13.1. The van der Waals surface area contributed by atoms with Gasteiger partial charge in [0.2, 0.25) is 5.91 Å². The molecule has 0 aliphatic carbocycles. The fourth-order valence-corrected chi connectivity index (χ4v) is 1.38. The highest BCUT2D eigenvalue weighted by molar-refractivity contribution is 6.34. The third kappa shape index (κ3) is 2.43. The zero-order valence-corrected chi connectivity index (χ0v) is 9.60. The van der Waals surface area contributed by atoms with Gasteiger partial charge in [0.15, 0.2) is 0 Å². The lowest BCUT2D eigenvalue weighted by atomic mass is 10.2. The number of amides is 2. The summed E-state index contributed by atoms with van der Waals surface area (Å²) in [4.78, 5) is 22.6. The lowest BCUT2D eigenvalue weighted by Crippen LogP contribution is -2.16. The van der Waals surface area contributed by atoms with Crippen LogP contribution in [0.1, 0.15) is 21.0 Å². The van der Waals surface area contributed by atoms with Crippen molar-refractivity contribution in [3.8, 4) is 0 Å². The van der Waals surface area contributed by atoms with E-state index in [2.05, 4.69) is 25.9 Å². The van der Waals surface area contributed by atoms with Crippen LogP contribution in [0.5, 0.6) is 0 Å². The number of aromatic nitrogens is 4. The van der Waals surface area contributed by atoms with Crippen molar-refractivity contribution in [3.63, 3.8) is 0 Å². The number of halogens is 1. The van der Waals surface area contributed by atoms with Gasteiger partial charge in [-0.25, -0.2) is 0 Å². The van der Waals surface area contributed by atoms with Crippen LogP contribution in [-0.4, -0.2) is 32.4 Å². The summed E-state index contributed by atoms with van der Waals surface area (Å²) in [5.41, 5.74) is 5.59. The Morgan fingerprint density at radius 3 is 2.78 bits per heavy atom. The molecular formula is C9H7ClN6O2. The Kier molecular flexibility index (Phi) is 3.20. The molecule has 92 valence electrons. The number of hydrogen-bond donors (Lipinski definition) is 3. The summed E-state index contributed by atoms with van der Waals surface area (Å²) < 4.78 is 0. The summed E-state index contributed by atoms with van der Waals surface area (Å²) in [6, 6.07) is 4.27. The van der Waals surface area contributed by atoms with Crippen molar-refractivity contribution in [2.24, 2.45) is 5.73 Å². The Balaban J connectivity index is 2.26. The Bertz CT molecular complexity index is 597. The van der Waals surface area contributed by atoms with Gasteiger partial charge in [-0.1, -0.05) is 11.6 Å². The first kappa shape index (κ1) is 12.0. The second kappa shape index (κ2) is 4.80. The van der Waals surface area contributed by atoms with Crippen LogP contribution in [0, 0.1) is 0 Å².